The van der Waals surface area contributed by atoms with Gasteiger partial charge in [0.2, 0.25) is 0 Å². The first-order valence-electron chi connectivity index (χ1n) is 27.7. The van der Waals surface area contributed by atoms with E-state index in [-0.39, 0.29) is 31.6 Å². The second-order valence-electron chi connectivity index (χ2n) is 18.1. The predicted octanol–water partition coefficient (Wildman–Crippen LogP) is 18.5. The van der Waals surface area contributed by atoms with E-state index in [9.17, 15) is 14.4 Å². The molecule has 0 aliphatic carbocycles. The second kappa shape index (κ2) is 54.9. The summed E-state index contributed by atoms with van der Waals surface area (Å²) >= 11 is 0. The van der Waals surface area contributed by atoms with Gasteiger partial charge in [0, 0.05) is 19.3 Å². The second-order valence-corrected chi connectivity index (χ2v) is 18.1. The van der Waals surface area contributed by atoms with E-state index in [1.165, 1.54) is 116 Å². The summed E-state index contributed by atoms with van der Waals surface area (Å²) < 4.78 is 16.8. The molecule has 1 atom stereocenters. The van der Waals surface area contributed by atoms with Crippen LogP contribution in [-0.4, -0.2) is 37.2 Å². The molecule has 382 valence electrons. The van der Waals surface area contributed by atoms with Crippen LogP contribution in [0.15, 0.2) is 97.2 Å². The van der Waals surface area contributed by atoms with E-state index < -0.39 is 12.1 Å². The molecule has 6 nitrogen and oxygen atoms in total. The molecule has 0 saturated heterocycles. The summed E-state index contributed by atoms with van der Waals surface area (Å²) in [4.78, 5) is 38.1. The van der Waals surface area contributed by atoms with E-state index in [1.54, 1.807) is 0 Å². The lowest BCUT2D eigenvalue weighted by molar-refractivity contribution is -0.166. The van der Waals surface area contributed by atoms with Gasteiger partial charge in [0.1, 0.15) is 13.2 Å². The molecule has 0 heterocycles. The molecule has 0 fully saturated rings. The van der Waals surface area contributed by atoms with Crippen molar-refractivity contribution in [1.29, 1.82) is 0 Å². The molecule has 0 aromatic rings. The van der Waals surface area contributed by atoms with E-state index in [0.717, 1.165) is 89.9 Å². The van der Waals surface area contributed by atoms with Gasteiger partial charge in [-0.15, -0.1) is 0 Å². The molecule has 67 heavy (non-hydrogen) atoms. The van der Waals surface area contributed by atoms with Gasteiger partial charge in [-0.25, -0.2) is 0 Å². The van der Waals surface area contributed by atoms with Crippen molar-refractivity contribution >= 4 is 17.9 Å². The monoisotopic (exact) mass is 931 g/mol. The van der Waals surface area contributed by atoms with Gasteiger partial charge in [-0.1, -0.05) is 221 Å². The molecule has 0 aliphatic rings. The molecule has 0 saturated carbocycles. The van der Waals surface area contributed by atoms with Crippen LogP contribution in [0.4, 0.5) is 0 Å². The molecule has 0 aliphatic heterocycles. The van der Waals surface area contributed by atoms with Crippen molar-refractivity contribution < 1.29 is 28.6 Å². The van der Waals surface area contributed by atoms with E-state index in [0.29, 0.717) is 19.3 Å². The maximum atomic E-state index is 12.8. The Kier molecular flexibility index (Phi) is 51.9. The Hall–Kier alpha value is -3.67. The smallest absolute Gasteiger partial charge is 0.306 e. The third kappa shape index (κ3) is 53.2. The topological polar surface area (TPSA) is 78.9 Å². The van der Waals surface area contributed by atoms with Crippen LogP contribution in [0, 0.1) is 0 Å². The fourth-order valence-electron chi connectivity index (χ4n) is 7.40. The van der Waals surface area contributed by atoms with Crippen LogP contribution >= 0.6 is 0 Å². The summed E-state index contributed by atoms with van der Waals surface area (Å²) in [6.45, 7) is 6.43. The fraction of sp³-hybridized carbons (Fsp3) is 0.689. The van der Waals surface area contributed by atoms with Crippen molar-refractivity contribution in [2.24, 2.45) is 0 Å². The van der Waals surface area contributed by atoms with Crippen molar-refractivity contribution in [2.45, 2.75) is 258 Å². The maximum Gasteiger partial charge on any atom is 0.306 e. The molecule has 0 bridgehead atoms. The van der Waals surface area contributed by atoms with Gasteiger partial charge < -0.3 is 14.2 Å². The zero-order valence-electron chi connectivity index (χ0n) is 43.6. The van der Waals surface area contributed by atoms with Crippen LogP contribution in [0.3, 0.4) is 0 Å². The number of carbonyl (C=O) groups is 3. The first-order chi connectivity index (χ1) is 33.0. The number of ether oxygens (including phenoxy) is 3. The van der Waals surface area contributed by atoms with Gasteiger partial charge >= 0.3 is 17.9 Å². The van der Waals surface area contributed by atoms with Crippen LogP contribution in [0.2, 0.25) is 0 Å². The Balaban J connectivity index is 4.52. The minimum atomic E-state index is -0.823. The summed E-state index contributed by atoms with van der Waals surface area (Å²) in [5, 5.41) is 0. The number of unbranched alkanes of at least 4 members (excludes halogenated alkanes) is 22. The lowest BCUT2D eigenvalue weighted by Crippen LogP contribution is -2.30. The van der Waals surface area contributed by atoms with Gasteiger partial charge in [-0.3, -0.25) is 14.4 Å². The number of rotatable bonds is 49. The van der Waals surface area contributed by atoms with Crippen molar-refractivity contribution in [3.8, 4) is 0 Å². The van der Waals surface area contributed by atoms with Gasteiger partial charge in [0.05, 0.1) is 0 Å². The summed E-state index contributed by atoms with van der Waals surface area (Å²) in [7, 11) is 0. The van der Waals surface area contributed by atoms with Crippen LogP contribution in [0.1, 0.15) is 252 Å². The minimum absolute atomic E-state index is 0.113. The Morgan fingerprint density at radius 3 is 0.985 bits per heavy atom. The largest absolute Gasteiger partial charge is 0.462 e. The van der Waals surface area contributed by atoms with Crippen LogP contribution < -0.4 is 0 Å². The highest BCUT2D eigenvalue weighted by atomic mass is 16.6. The molecule has 0 radical (unpaired) electrons. The molecule has 0 amide bonds. The number of hydrogen-bond acceptors (Lipinski definition) is 6. The summed E-state index contributed by atoms with van der Waals surface area (Å²) in [6, 6.07) is 0. The SMILES string of the molecule is CC/C=C\C/C=C\C/C=C\C/C=C\C/C=C\C/C=C\CCC(=O)O[C@@H](COC(=O)CCCCCCC/C=C\CCCCCC)COC(=O)CCCCCCCCC/C=C\CCCCCCCC. The third-order valence-electron chi connectivity index (χ3n) is 11.6. The lowest BCUT2D eigenvalue weighted by atomic mass is 10.1. The lowest BCUT2D eigenvalue weighted by Gasteiger charge is -2.18. The average Bonchev–Trinajstić information content (AvgIpc) is 3.33. The molecule has 0 unspecified atom stereocenters. The highest BCUT2D eigenvalue weighted by Crippen LogP contribution is 2.14. The Bertz CT molecular complexity index is 1350. The number of hydrogen-bond donors (Lipinski definition) is 0. The normalized spacial score (nSPS) is 12.8. The van der Waals surface area contributed by atoms with Gasteiger partial charge in [0.15, 0.2) is 6.10 Å². The number of carbonyl (C=O) groups excluding carboxylic acids is 3. The average molecular weight is 931 g/mol. The zero-order valence-corrected chi connectivity index (χ0v) is 43.6. The first-order valence-corrected chi connectivity index (χ1v) is 27.7. The molecule has 0 aromatic carbocycles. The van der Waals surface area contributed by atoms with Crippen molar-refractivity contribution in [2.75, 3.05) is 13.2 Å². The molecule has 0 spiro atoms. The minimum Gasteiger partial charge on any atom is -0.462 e. The number of esters is 3. The maximum absolute atomic E-state index is 12.8. The van der Waals surface area contributed by atoms with Crippen LogP contribution in [0.5, 0.6) is 0 Å². The summed E-state index contributed by atoms with van der Waals surface area (Å²) in [5.74, 6) is -1.01. The molecule has 6 heteroatoms. The van der Waals surface area contributed by atoms with Crippen molar-refractivity contribution in [3.05, 3.63) is 97.2 Å². The fourth-order valence-corrected chi connectivity index (χ4v) is 7.40. The van der Waals surface area contributed by atoms with Gasteiger partial charge in [0.25, 0.3) is 0 Å². The Morgan fingerprint density at radius 2 is 0.612 bits per heavy atom. The van der Waals surface area contributed by atoms with E-state index in [2.05, 4.69) is 106 Å². The quantitative estimate of drug-likeness (QED) is 0.0262. The van der Waals surface area contributed by atoms with Crippen molar-refractivity contribution in [3.63, 3.8) is 0 Å². The summed E-state index contributed by atoms with van der Waals surface area (Å²) in [5.41, 5.74) is 0. The molecule has 0 aromatic heterocycles. The van der Waals surface area contributed by atoms with E-state index in [1.807, 2.05) is 12.2 Å². The van der Waals surface area contributed by atoms with Gasteiger partial charge in [-0.2, -0.15) is 0 Å². The van der Waals surface area contributed by atoms with Crippen LogP contribution in [0.25, 0.3) is 0 Å². The van der Waals surface area contributed by atoms with E-state index in [4.69, 9.17) is 14.2 Å². The molecular formula is C61H102O6. The molecule has 0 N–H and O–H groups in total. The van der Waals surface area contributed by atoms with E-state index >= 15 is 0 Å². The predicted molar refractivity (Wildman–Crippen MR) is 288 cm³/mol. The first kappa shape index (κ1) is 63.3. The highest BCUT2D eigenvalue weighted by molar-refractivity contribution is 5.71. The van der Waals surface area contributed by atoms with Crippen LogP contribution in [-0.2, 0) is 28.6 Å². The highest BCUT2D eigenvalue weighted by Gasteiger charge is 2.19. The molecular weight excluding hydrogens is 829 g/mol. The zero-order chi connectivity index (χ0) is 48.6. The van der Waals surface area contributed by atoms with Crippen molar-refractivity contribution in [1.82, 2.24) is 0 Å². The Morgan fingerprint density at radius 1 is 0.313 bits per heavy atom. The molecule has 0 rings (SSSR count). The van der Waals surface area contributed by atoms with Gasteiger partial charge in [-0.05, 0) is 109 Å². The number of allylic oxidation sites excluding steroid dienone is 16. The summed E-state index contributed by atoms with van der Waals surface area (Å²) in [6.07, 6.45) is 72.6. The standard InChI is InChI=1S/C61H102O6/c1-4-7-10-13-16-19-22-25-27-29-30-32-34-37-40-43-46-49-52-55-61(64)67-58(56-65-59(62)53-50-47-44-41-38-35-24-21-18-15-12-9-6-3)57-66-60(63)54-51-48-45-42-39-36-33-31-28-26-23-20-17-14-11-8-5-2/h7,10,16,19,21,24-28,30,32,37,40,46,49,58H,4-6,8-9,11-15,17-18,20,22-23,29,31,33-36,38-39,41-45,47-48,50-57H2,1-3H3/b10-7-,19-16-,24-21-,27-25-,28-26-,32-30-,40-37-,49-46-/t58-/m0/s1. The third-order valence-corrected chi connectivity index (χ3v) is 11.6. The Labute approximate surface area is 413 Å².